The number of benzene rings is 1. The van der Waals surface area contributed by atoms with Gasteiger partial charge in [0.05, 0.1) is 12.7 Å². The Bertz CT molecular complexity index is 516. The van der Waals surface area contributed by atoms with Gasteiger partial charge in [-0.3, -0.25) is 9.59 Å². The average Bonchev–Trinajstić information content (AvgIpc) is 2.47. The Morgan fingerprint density at radius 2 is 2.14 bits per heavy atom. The Morgan fingerprint density at radius 3 is 2.86 bits per heavy atom. The lowest BCUT2D eigenvalue weighted by atomic mass is 10.1. The van der Waals surface area contributed by atoms with E-state index in [9.17, 15) is 9.59 Å². The maximum absolute atomic E-state index is 12.0. The summed E-state index contributed by atoms with van der Waals surface area (Å²) in [5.41, 5.74) is 1.59. The van der Waals surface area contributed by atoms with Gasteiger partial charge in [-0.25, -0.2) is 0 Å². The number of rotatable bonds is 4. The largest absolute Gasteiger partial charge is 0.375 e. The number of carbonyl (C=O) groups is 2. The van der Waals surface area contributed by atoms with Crippen molar-refractivity contribution in [3.8, 4) is 0 Å². The number of nitrogens with zero attached hydrogens (tertiary/aromatic N) is 1. The predicted octanol–water partition coefficient (Wildman–Crippen LogP) is 1.36. The van der Waals surface area contributed by atoms with Gasteiger partial charge in [-0.15, -0.1) is 0 Å². The van der Waals surface area contributed by atoms with Crippen molar-refractivity contribution >= 4 is 11.8 Å². The van der Waals surface area contributed by atoms with Crippen molar-refractivity contribution in [2.45, 2.75) is 26.4 Å². The highest BCUT2D eigenvalue weighted by atomic mass is 16.5. The monoisotopic (exact) mass is 290 g/mol. The molecule has 1 N–H and O–H groups in total. The summed E-state index contributed by atoms with van der Waals surface area (Å²) in [4.78, 5) is 25.9. The Labute approximate surface area is 125 Å². The molecule has 0 saturated carbocycles. The minimum Gasteiger partial charge on any atom is -0.375 e. The number of morpholine rings is 1. The van der Waals surface area contributed by atoms with Crippen LogP contribution in [0.15, 0.2) is 24.3 Å². The van der Waals surface area contributed by atoms with E-state index >= 15 is 0 Å². The van der Waals surface area contributed by atoms with E-state index in [2.05, 4.69) is 5.32 Å². The van der Waals surface area contributed by atoms with Crippen molar-refractivity contribution in [3.63, 3.8) is 0 Å². The van der Waals surface area contributed by atoms with Crippen LogP contribution < -0.4 is 5.32 Å². The Hall–Kier alpha value is -1.88. The van der Waals surface area contributed by atoms with Crippen LogP contribution in [-0.2, 0) is 9.53 Å². The third kappa shape index (κ3) is 4.29. The van der Waals surface area contributed by atoms with Crippen LogP contribution in [0.1, 0.15) is 29.3 Å². The fraction of sp³-hybridized carbons (Fsp3) is 0.500. The molecule has 2 rings (SSSR count). The molecular formula is C16H22N2O3. The lowest BCUT2D eigenvalue weighted by Crippen LogP contribution is -2.45. The van der Waals surface area contributed by atoms with Crippen LogP contribution in [0.25, 0.3) is 0 Å². The first-order valence-electron chi connectivity index (χ1n) is 7.31. The Balaban J connectivity index is 1.77. The predicted molar refractivity (Wildman–Crippen MR) is 80.1 cm³/mol. The molecule has 0 unspecified atom stereocenters. The SMILES string of the molecule is Cc1ccccc1C(=O)NCCC(=O)N1CCO[C@@H](C)C1. The van der Waals surface area contributed by atoms with Gasteiger partial charge in [0.25, 0.3) is 5.91 Å². The van der Waals surface area contributed by atoms with E-state index in [1.54, 1.807) is 11.0 Å². The van der Waals surface area contributed by atoms with Crippen LogP contribution in [0.4, 0.5) is 0 Å². The zero-order valence-corrected chi connectivity index (χ0v) is 12.6. The molecule has 1 aromatic rings. The average molecular weight is 290 g/mol. The van der Waals surface area contributed by atoms with Crippen molar-refractivity contribution in [2.24, 2.45) is 0 Å². The lowest BCUT2D eigenvalue weighted by molar-refractivity contribution is -0.137. The summed E-state index contributed by atoms with van der Waals surface area (Å²) in [5.74, 6) is -0.0634. The summed E-state index contributed by atoms with van der Waals surface area (Å²) in [7, 11) is 0. The number of hydrogen-bond acceptors (Lipinski definition) is 3. The van der Waals surface area contributed by atoms with Crippen LogP contribution >= 0.6 is 0 Å². The van der Waals surface area contributed by atoms with Gasteiger partial charge in [-0.05, 0) is 25.5 Å². The minimum atomic E-state index is -0.128. The van der Waals surface area contributed by atoms with E-state index in [1.165, 1.54) is 0 Å². The number of amides is 2. The quantitative estimate of drug-likeness (QED) is 0.911. The number of aryl methyl sites for hydroxylation is 1. The molecule has 2 amide bonds. The second-order valence-electron chi connectivity index (χ2n) is 5.34. The zero-order chi connectivity index (χ0) is 15.2. The number of nitrogens with one attached hydrogen (secondary N) is 1. The topological polar surface area (TPSA) is 58.6 Å². The van der Waals surface area contributed by atoms with Gasteiger partial charge >= 0.3 is 0 Å². The van der Waals surface area contributed by atoms with Crippen LogP contribution in [0.2, 0.25) is 0 Å². The molecule has 1 aliphatic rings. The molecule has 114 valence electrons. The van der Waals surface area contributed by atoms with Crippen LogP contribution in [-0.4, -0.2) is 49.1 Å². The molecule has 1 heterocycles. The van der Waals surface area contributed by atoms with Gasteiger partial charge in [0.15, 0.2) is 0 Å². The molecule has 0 bridgehead atoms. The molecule has 0 aliphatic carbocycles. The van der Waals surface area contributed by atoms with Gasteiger partial charge in [0.2, 0.25) is 5.91 Å². The van der Waals surface area contributed by atoms with Gasteiger partial charge in [0.1, 0.15) is 0 Å². The van der Waals surface area contributed by atoms with Crippen molar-refractivity contribution in [1.29, 1.82) is 0 Å². The number of hydrogen-bond donors (Lipinski definition) is 1. The summed E-state index contributed by atoms with van der Waals surface area (Å²) < 4.78 is 5.41. The maximum Gasteiger partial charge on any atom is 0.251 e. The second-order valence-corrected chi connectivity index (χ2v) is 5.34. The van der Waals surface area contributed by atoms with Gasteiger partial charge < -0.3 is 15.0 Å². The fourth-order valence-electron chi connectivity index (χ4n) is 2.41. The number of ether oxygens (including phenoxy) is 1. The Kier molecular flexibility index (Phi) is 5.33. The van der Waals surface area contributed by atoms with Crippen LogP contribution in [0, 0.1) is 6.92 Å². The zero-order valence-electron chi connectivity index (χ0n) is 12.6. The summed E-state index contributed by atoms with van der Waals surface area (Å²) in [6.45, 7) is 6.06. The molecule has 0 spiro atoms. The lowest BCUT2D eigenvalue weighted by Gasteiger charge is -2.31. The summed E-state index contributed by atoms with van der Waals surface area (Å²) >= 11 is 0. The third-order valence-corrected chi connectivity index (χ3v) is 3.61. The van der Waals surface area contributed by atoms with Crippen molar-refractivity contribution in [3.05, 3.63) is 35.4 Å². The van der Waals surface area contributed by atoms with Gasteiger partial charge in [-0.1, -0.05) is 18.2 Å². The highest BCUT2D eigenvalue weighted by Crippen LogP contribution is 2.07. The molecule has 1 atom stereocenters. The van der Waals surface area contributed by atoms with E-state index in [0.717, 1.165) is 5.56 Å². The molecule has 0 aromatic heterocycles. The first-order valence-corrected chi connectivity index (χ1v) is 7.31. The van der Waals surface area contributed by atoms with E-state index in [0.29, 0.717) is 38.2 Å². The Morgan fingerprint density at radius 1 is 1.38 bits per heavy atom. The molecule has 21 heavy (non-hydrogen) atoms. The van der Waals surface area contributed by atoms with E-state index < -0.39 is 0 Å². The van der Waals surface area contributed by atoms with Crippen molar-refractivity contribution < 1.29 is 14.3 Å². The summed E-state index contributed by atoms with van der Waals surface area (Å²) in [6, 6.07) is 7.42. The normalized spacial score (nSPS) is 18.4. The molecule has 1 aliphatic heterocycles. The maximum atomic E-state index is 12.0. The third-order valence-electron chi connectivity index (χ3n) is 3.61. The smallest absolute Gasteiger partial charge is 0.251 e. The van der Waals surface area contributed by atoms with Crippen LogP contribution in [0.3, 0.4) is 0 Å². The molecular weight excluding hydrogens is 268 g/mol. The summed E-state index contributed by atoms with van der Waals surface area (Å²) in [6.07, 6.45) is 0.411. The highest BCUT2D eigenvalue weighted by Gasteiger charge is 2.21. The summed E-state index contributed by atoms with van der Waals surface area (Å²) in [5, 5.41) is 2.80. The standard InChI is InChI=1S/C16H22N2O3/c1-12-5-3-4-6-14(12)16(20)17-8-7-15(19)18-9-10-21-13(2)11-18/h3-6,13H,7-11H2,1-2H3,(H,17,20)/t13-/m0/s1. The van der Waals surface area contributed by atoms with Crippen LogP contribution in [0.5, 0.6) is 0 Å². The highest BCUT2D eigenvalue weighted by molar-refractivity contribution is 5.95. The van der Waals surface area contributed by atoms with E-state index in [4.69, 9.17) is 4.74 Å². The van der Waals surface area contributed by atoms with Gasteiger partial charge in [0, 0.05) is 31.6 Å². The van der Waals surface area contributed by atoms with E-state index in [-0.39, 0.29) is 17.9 Å². The van der Waals surface area contributed by atoms with Gasteiger partial charge in [-0.2, -0.15) is 0 Å². The molecule has 1 fully saturated rings. The molecule has 5 heteroatoms. The van der Waals surface area contributed by atoms with Crippen molar-refractivity contribution in [2.75, 3.05) is 26.2 Å². The molecule has 5 nitrogen and oxygen atoms in total. The number of carbonyl (C=O) groups excluding carboxylic acids is 2. The first kappa shape index (κ1) is 15.5. The molecule has 0 radical (unpaired) electrons. The molecule has 1 saturated heterocycles. The van der Waals surface area contributed by atoms with E-state index in [1.807, 2.05) is 32.0 Å². The fourth-order valence-corrected chi connectivity index (χ4v) is 2.41. The minimum absolute atomic E-state index is 0.0650. The van der Waals surface area contributed by atoms with Crippen molar-refractivity contribution in [1.82, 2.24) is 10.2 Å². The second kappa shape index (κ2) is 7.22. The first-order chi connectivity index (χ1) is 10.1. The molecule has 1 aromatic carbocycles.